The Balaban J connectivity index is 1.98. The highest BCUT2D eigenvalue weighted by Crippen LogP contribution is 2.17. The van der Waals surface area contributed by atoms with Crippen molar-refractivity contribution in [2.24, 2.45) is 0 Å². The molecular formula is C16H22N2O2S2. The van der Waals surface area contributed by atoms with Crippen LogP contribution in [0.4, 0.5) is 0 Å². The van der Waals surface area contributed by atoms with Crippen LogP contribution in [0.1, 0.15) is 25.0 Å². The number of thiophene rings is 1. The first-order valence-electron chi connectivity index (χ1n) is 7.20. The smallest absolute Gasteiger partial charge is 0.243 e. The molecule has 1 N–H and O–H groups in total. The molecule has 4 nitrogen and oxygen atoms in total. The summed E-state index contributed by atoms with van der Waals surface area (Å²) in [6.07, 6.45) is 0. The van der Waals surface area contributed by atoms with Crippen LogP contribution in [-0.2, 0) is 23.1 Å². The Morgan fingerprint density at radius 3 is 2.27 bits per heavy atom. The molecule has 2 rings (SSSR count). The van der Waals surface area contributed by atoms with E-state index in [0.717, 1.165) is 18.7 Å². The highest BCUT2D eigenvalue weighted by atomic mass is 32.2. The molecule has 6 heteroatoms. The van der Waals surface area contributed by atoms with Gasteiger partial charge in [-0.1, -0.05) is 12.1 Å². The van der Waals surface area contributed by atoms with Gasteiger partial charge in [0.25, 0.3) is 0 Å². The van der Waals surface area contributed by atoms with Crippen LogP contribution in [0.5, 0.6) is 0 Å². The summed E-state index contributed by atoms with van der Waals surface area (Å²) in [4.78, 5) is 0.338. The monoisotopic (exact) mass is 338 g/mol. The van der Waals surface area contributed by atoms with E-state index in [1.54, 1.807) is 30.5 Å². The molecule has 0 aliphatic heterocycles. The van der Waals surface area contributed by atoms with Crippen LogP contribution in [0.3, 0.4) is 0 Å². The topological polar surface area (TPSA) is 49.4 Å². The normalized spacial score (nSPS) is 12.2. The molecule has 0 amide bonds. The Hall–Kier alpha value is -1.21. The van der Waals surface area contributed by atoms with Gasteiger partial charge in [0.05, 0.1) is 4.90 Å². The van der Waals surface area contributed by atoms with Crippen molar-refractivity contribution < 1.29 is 8.42 Å². The molecule has 2 aromatic rings. The van der Waals surface area contributed by atoms with Gasteiger partial charge in [0.1, 0.15) is 0 Å². The maximum Gasteiger partial charge on any atom is 0.243 e. The minimum absolute atomic E-state index is 0.0584. The average Bonchev–Trinajstić information content (AvgIpc) is 3.00. The largest absolute Gasteiger partial charge is 0.309 e. The van der Waals surface area contributed by atoms with Gasteiger partial charge in [-0.15, -0.1) is 0 Å². The van der Waals surface area contributed by atoms with Crippen molar-refractivity contribution in [3.8, 4) is 0 Å². The van der Waals surface area contributed by atoms with Crippen LogP contribution in [-0.4, -0.2) is 25.8 Å². The van der Waals surface area contributed by atoms with Gasteiger partial charge in [-0.05, 0) is 53.9 Å². The van der Waals surface area contributed by atoms with Crippen molar-refractivity contribution in [2.75, 3.05) is 7.05 Å². The molecule has 0 aliphatic carbocycles. The molecule has 1 aromatic heterocycles. The van der Waals surface area contributed by atoms with Gasteiger partial charge in [0.15, 0.2) is 0 Å². The van der Waals surface area contributed by atoms with Crippen LogP contribution in [0, 0.1) is 0 Å². The molecule has 0 radical (unpaired) electrons. The van der Waals surface area contributed by atoms with Crippen molar-refractivity contribution in [1.82, 2.24) is 9.62 Å². The second kappa shape index (κ2) is 7.37. The molecule has 0 unspecified atom stereocenters. The number of rotatable bonds is 7. The third-order valence-corrected chi connectivity index (χ3v) is 6.35. The molecule has 1 aromatic carbocycles. The summed E-state index contributed by atoms with van der Waals surface area (Å²) in [6, 6.07) is 9.11. The van der Waals surface area contributed by atoms with Crippen molar-refractivity contribution in [3.63, 3.8) is 0 Å². The van der Waals surface area contributed by atoms with E-state index in [4.69, 9.17) is 0 Å². The minimum Gasteiger partial charge on any atom is -0.309 e. The molecule has 0 atom stereocenters. The number of hydrogen-bond acceptors (Lipinski definition) is 4. The number of nitrogens with zero attached hydrogens (tertiary/aromatic N) is 1. The van der Waals surface area contributed by atoms with Gasteiger partial charge in [-0.25, -0.2) is 8.42 Å². The zero-order valence-electron chi connectivity index (χ0n) is 13.1. The van der Waals surface area contributed by atoms with Crippen LogP contribution < -0.4 is 5.32 Å². The fourth-order valence-corrected chi connectivity index (χ4v) is 4.00. The lowest BCUT2D eigenvalue weighted by atomic mass is 10.2. The van der Waals surface area contributed by atoms with E-state index in [2.05, 4.69) is 22.1 Å². The first kappa shape index (κ1) is 17.1. The van der Waals surface area contributed by atoms with Gasteiger partial charge in [0, 0.05) is 26.2 Å². The van der Waals surface area contributed by atoms with Gasteiger partial charge in [0.2, 0.25) is 10.0 Å². The maximum atomic E-state index is 12.4. The third-order valence-electron chi connectivity index (χ3n) is 3.57. The Kier molecular flexibility index (Phi) is 5.74. The van der Waals surface area contributed by atoms with Crippen molar-refractivity contribution in [3.05, 3.63) is 52.2 Å². The summed E-state index contributed by atoms with van der Waals surface area (Å²) in [5.41, 5.74) is 2.34. The van der Waals surface area contributed by atoms with Crippen molar-refractivity contribution >= 4 is 21.4 Å². The fourth-order valence-electron chi connectivity index (χ4n) is 1.97. The number of nitrogens with one attached hydrogen (secondary N) is 1. The number of hydrogen-bond donors (Lipinski definition) is 1. The molecule has 0 saturated heterocycles. The van der Waals surface area contributed by atoms with E-state index in [9.17, 15) is 8.42 Å². The highest BCUT2D eigenvalue weighted by Gasteiger charge is 2.22. The molecule has 0 aliphatic rings. The minimum atomic E-state index is -3.40. The summed E-state index contributed by atoms with van der Waals surface area (Å²) >= 11 is 1.68. The van der Waals surface area contributed by atoms with E-state index >= 15 is 0 Å². The SMILES string of the molecule is CC(C)N(C)S(=O)(=O)c1ccc(CNCc2ccsc2)cc1. The zero-order valence-corrected chi connectivity index (χ0v) is 14.7. The summed E-state index contributed by atoms with van der Waals surface area (Å²) in [6.45, 7) is 5.26. The maximum absolute atomic E-state index is 12.4. The Morgan fingerprint density at radius 2 is 1.73 bits per heavy atom. The van der Waals surface area contributed by atoms with E-state index in [1.165, 1.54) is 9.87 Å². The molecule has 22 heavy (non-hydrogen) atoms. The standard InChI is InChI=1S/C16H22N2O2S2/c1-13(2)18(3)22(19,20)16-6-4-14(5-7-16)10-17-11-15-8-9-21-12-15/h4-9,12-13,17H,10-11H2,1-3H3. The second-order valence-electron chi connectivity index (χ2n) is 5.49. The summed E-state index contributed by atoms with van der Waals surface area (Å²) in [5.74, 6) is 0. The molecule has 0 saturated carbocycles. The first-order chi connectivity index (χ1) is 10.4. The van der Waals surface area contributed by atoms with Crippen LogP contribution in [0.25, 0.3) is 0 Å². The van der Waals surface area contributed by atoms with Crippen LogP contribution in [0.2, 0.25) is 0 Å². The average molecular weight is 338 g/mol. The molecule has 0 fully saturated rings. The van der Waals surface area contributed by atoms with E-state index in [-0.39, 0.29) is 6.04 Å². The van der Waals surface area contributed by atoms with Crippen LogP contribution >= 0.6 is 11.3 Å². The Labute approximate surface area is 136 Å². The molecule has 1 heterocycles. The summed E-state index contributed by atoms with van der Waals surface area (Å²) in [5, 5.41) is 7.52. The molecule has 0 spiro atoms. The molecule has 120 valence electrons. The molecular weight excluding hydrogens is 316 g/mol. The van der Waals surface area contributed by atoms with Crippen molar-refractivity contribution in [1.29, 1.82) is 0 Å². The third kappa shape index (κ3) is 4.16. The van der Waals surface area contributed by atoms with E-state index in [1.807, 2.05) is 26.0 Å². The van der Waals surface area contributed by atoms with Gasteiger partial charge in [-0.2, -0.15) is 15.6 Å². The first-order valence-corrected chi connectivity index (χ1v) is 9.58. The zero-order chi connectivity index (χ0) is 16.2. The Morgan fingerprint density at radius 1 is 1.09 bits per heavy atom. The lowest BCUT2D eigenvalue weighted by Gasteiger charge is -2.21. The fraction of sp³-hybridized carbons (Fsp3) is 0.375. The summed E-state index contributed by atoms with van der Waals surface area (Å²) in [7, 11) is -1.79. The second-order valence-corrected chi connectivity index (χ2v) is 8.27. The Bertz CT molecular complexity index is 677. The quantitative estimate of drug-likeness (QED) is 0.844. The van der Waals surface area contributed by atoms with Gasteiger partial charge < -0.3 is 5.32 Å². The predicted molar refractivity (Wildman–Crippen MR) is 91.4 cm³/mol. The molecule has 0 bridgehead atoms. The van der Waals surface area contributed by atoms with E-state index < -0.39 is 10.0 Å². The lowest BCUT2D eigenvalue weighted by Crippen LogP contribution is -2.33. The van der Waals surface area contributed by atoms with Gasteiger partial charge in [-0.3, -0.25) is 0 Å². The highest BCUT2D eigenvalue weighted by molar-refractivity contribution is 7.89. The number of benzene rings is 1. The van der Waals surface area contributed by atoms with Crippen molar-refractivity contribution in [2.45, 2.75) is 37.9 Å². The van der Waals surface area contributed by atoms with Crippen LogP contribution in [0.15, 0.2) is 46.0 Å². The number of sulfonamides is 1. The van der Waals surface area contributed by atoms with Gasteiger partial charge >= 0.3 is 0 Å². The lowest BCUT2D eigenvalue weighted by molar-refractivity contribution is 0.410. The van der Waals surface area contributed by atoms with E-state index in [0.29, 0.717) is 4.90 Å². The predicted octanol–water partition coefficient (Wildman–Crippen LogP) is 3.07. The summed E-state index contributed by atoms with van der Waals surface area (Å²) < 4.78 is 26.1.